The molecule has 1 aliphatic carbocycles. The first-order valence-electron chi connectivity index (χ1n) is 11.7. The SMILES string of the molecule is COC(=O)CNC(=O)C[C@H](CC(C)C)NC(=O)c1cc(-c2c(OC)cccc2OC)n(C2CC2)n1. The number of nitrogens with one attached hydrogen (secondary N) is 2. The molecule has 1 aliphatic rings. The number of ether oxygens (including phenoxy) is 3. The fourth-order valence-electron chi connectivity index (χ4n) is 3.95. The van der Waals surface area contributed by atoms with Crippen molar-refractivity contribution in [3.63, 3.8) is 0 Å². The zero-order valence-electron chi connectivity index (χ0n) is 20.9. The van der Waals surface area contributed by atoms with E-state index in [1.54, 1.807) is 20.3 Å². The quantitative estimate of drug-likeness (QED) is 0.443. The number of rotatable bonds is 12. The molecule has 1 aromatic carbocycles. The number of carbonyl (C=O) groups excluding carboxylic acids is 3. The maximum atomic E-state index is 13.2. The Labute approximate surface area is 205 Å². The largest absolute Gasteiger partial charge is 0.496 e. The highest BCUT2D eigenvalue weighted by atomic mass is 16.5. The number of nitrogens with zero attached hydrogens (tertiary/aromatic N) is 2. The molecule has 1 fully saturated rings. The van der Waals surface area contributed by atoms with Gasteiger partial charge in [0.25, 0.3) is 5.91 Å². The lowest BCUT2D eigenvalue weighted by atomic mass is 10.0. The number of benzene rings is 1. The second kappa shape index (κ2) is 11.7. The molecular formula is C25H34N4O6. The number of esters is 1. The Morgan fingerprint density at radius 1 is 1.11 bits per heavy atom. The third kappa shape index (κ3) is 6.74. The van der Waals surface area contributed by atoms with Gasteiger partial charge >= 0.3 is 5.97 Å². The van der Waals surface area contributed by atoms with Crippen LogP contribution in [-0.4, -0.2) is 61.5 Å². The summed E-state index contributed by atoms with van der Waals surface area (Å²) in [5.74, 6) is 0.241. The van der Waals surface area contributed by atoms with Crippen LogP contribution in [-0.2, 0) is 14.3 Å². The molecule has 190 valence electrons. The predicted octanol–water partition coefficient (Wildman–Crippen LogP) is 2.73. The Hall–Kier alpha value is -3.56. The van der Waals surface area contributed by atoms with Crippen LogP contribution in [0, 0.1) is 5.92 Å². The molecular weight excluding hydrogens is 452 g/mol. The van der Waals surface area contributed by atoms with Crippen LogP contribution >= 0.6 is 0 Å². The minimum Gasteiger partial charge on any atom is -0.496 e. The van der Waals surface area contributed by atoms with Gasteiger partial charge in [-0.3, -0.25) is 19.1 Å². The molecule has 0 unspecified atom stereocenters. The van der Waals surface area contributed by atoms with E-state index in [0.717, 1.165) is 24.1 Å². The van der Waals surface area contributed by atoms with Crippen molar-refractivity contribution in [2.45, 2.75) is 51.6 Å². The Balaban J connectivity index is 1.83. The standard InChI is InChI=1S/C25H34N4O6/c1-15(2)11-16(12-22(30)26-14-23(31)35-5)27-25(32)18-13-19(29(28-18)17-9-10-17)24-20(33-3)7-6-8-21(24)34-4/h6-8,13,15-17H,9-12,14H2,1-5H3,(H,26,30)(H,27,32)/t16-/m0/s1. The van der Waals surface area contributed by atoms with E-state index < -0.39 is 12.0 Å². The van der Waals surface area contributed by atoms with Crippen molar-refractivity contribution in [2.24, 2.45) is 5.92 Å². The summed E-state index contributed by atoms with van der Waals surface area (Å²) >= 11 is 0. The lowest BCUT2D eigenvalue weighted by Crippen LogP contribution is -2.41. The summed E-state index contributed by atoms with van der Waals surface area (Å²) < 4.78 is 17.5. The van der Waals surface area contributed by atoms with Gasteiger partial charge in [0.1, 0.15) is 18.0 Å². The highest BCUT2D eigenvalue weighted by molar-refractivity contribution is 5.94. The minimum atomic E-state index is -0.535. The summed E-state index contributed by atoms with van der Waals surface area (Å²) in [6, 6.07) is 7.04. The molecule has 10 heteroatoms. The van der Waals surface area contributed by atoms with Crippen LogP contribution in [0.3, 0.4) is 0 Å². The van der Waals surface area contributed by atoms with Gasteiger partial charge in [0.05, 0.1) is 38.6 Å². The maximum absolute atomic E-state index is 13.2. The van der Waals surface area contributed by atoms with Crippen LogP contribution in [0.25, 0.3) is 11.3 Å². The van der Waals surface area contributed by atoms with Gasteiger partial charge in [0.2, 0.25) is 5.91 Å². The second-order valence-electron chi connectivity index (χ2n) is 8.99. The summed E-state index contributed by atoms with van der Waals surface area (Å²) in [5.41, 5.74) is 1.73. The van der Waals surface area contributed by atoms with Gasteiger partial charge in [-0.25, -0.2) is 0 Å². The maximum Gasteiger partial charge on any atom is 0.325 e. The molecule has 2 N–H and O–H groups in total. The van der Waals surface area contributed by atoms with Crippen LogP contribution in [0.2, 0.25) is 0 Å². The van der Waals surface area contributed by atoms with Gasteiger partial charge in [-0.05, 0) is 43.4 Å². The van der Waals surface area contributed by atoms with Crippen LogP contribution in [0.4, 0.5) is 0 Å². The number of aromatic nitrogens is 2. The molecule has 1 heterocycles. The van der Waals surface area contributed by atoms with E-state index in [2.05, 4.69) is 20.5 Å². The van der Waals surface area contributed by atoms with E-state index in [0.29, 0.717) is 17.9 Å². The van der Waals surface area contributed by atoms with Gasteiger partial charge in [0, 0.05) is 12.5 Å². The Bertz CT molecular complexity index is 1040. The molecule has 1 saturated carbocycles. The zero-order chi connectivity index (χ0) is 25.5. The molecule has 35 heavy (non-hydrogen) atoms. The van der Waals surface area contributed by atoms with Crippen molar-refractivity contribution in [1.29, 1.82) is 0 Å². The van der Waals surface area contributed by atoms with Gasteiger partial charge < -0.3 is 24.8 Å². The van der Waals surface area contributed by atoms with Crippen LogP contribution in [0.5, 0.6) is 11.5 Å². The van der Waals surface area contributed by atoms with Crippen molar-refractivity contribution in [3.8, 4) is 22.8 Å². The molecule has 1 aromatic heterocycles. The number of amides is 2. The van der Waals surface area contributed by atoms with Crippen molar-refractivity contribution in [1.82, 2.24) is 20.4 Å². The third-order valence-electron chi connectivity index (χ3n) is 5.73. The second-order valence-corrected chi connectivity index (χ2v) is 8.99. The first-order valence-corrected chi connectivity index (χ1v) is 11.7. The lowest BCUT2D eigenvalue weighted by molar-refractivity contribution is -0.141. The average Bonchev–Trinajstić information content (AvgIpc) is 3.59. The van der Waals surface area contributed by atoms with E-state index in [1.165, 1.54) is 7.11 Å². The zero-order valence-corrected chi connectivity index (χ0v) is 20.9. The summed E-state index contributed by atoms with van der Waals surface area (Å²) in [6.07, 6.45) is 2.58. The highest BCUT2D eigenvalue weighted by Crippen LogP contribution is 2.43. The Morgan fingerprint density at radius 2 is 1.77 bits per heavy atom. The molecule has 2 amide bonds. The van der Waals surface area contributed by atoms with Crippen molar-refractivity contribution in [2.75, 3.05) is 27.9 Å². The average molecular weight is 487 g/mol. The molecule has 2 aromatic rings. The van der Waals surface area contributed by atoms with Crippen LogP contribution in [0.15, 0.2) is 24.3 Å². The van der Waals surface area contributed by atoms with Crippen molar-refractivity contribution in [3.05, 3.63) is 30.0 Å². The van der Waals surface area contributed by atoms with E-state index in [9.17, 15) is 14.4 Å². The minimum absolute atomic E-state index is 0.0391. The summed E-state index contributed by atoms with van der Waals surface area (Å²) in [4.78, 5) is 36.9. The van der Waals surface area contributed by atoms with Crippen molar-refractivity contribution < 1.29 is 28.6 Å². The number of carbonyl (C=O) groups is 3. The van der Waals surface area contributed by atoms with E-state index >= 15 is 0 Å². The molecule has 0 radical (unpaired) electrons. The van der Waals surface area contributed by atoms with Gasteiger partial charge in [-0.1, -0.05) is 19.9 Å². The molecule has 0 saturated heterocycles. The molecule has 10 nitrogen and oxygen atoms in total. The van der Waals surface area contributed by atoms with Crippen molar-refractivity contribution >= 4 is 17.8 Å². The highest BCUT2D eigenvalue weighted by Gasteiger charge is 2.31. The van der Waals surface area contributed by atoms with Crippen LogP contribution in [0.1, 0.15) is 56.1 Å². The number of hydrogen-bond donors (Lipinski definition) is 2. The summed E-state index contributed by atoms with van der Waals surface area (Å²) in [5, 5.41) is 10.1. The molecule has 3 rings (SSSR count). The fourth-order valence-corrected chi connectivity index (χ4v) is 3.95. The van der Waals surface area contributed by atoms with Gasteiger partial charge in [-0.2, -0.15) is 5.10 Å². The molecule has 0 bridgehead atoms. The number of methoxy groups -OCH3 is 3. The lowest BCUT2D eigenvalue weighted by Gasteiger charge is -2.19. The Kier molecular flexibility index (Phi) is 8.73. The normalized spacial score (nSPS) is 13.8. The van der Waals surface area contributed by atoms with Gasteiger partial charge in [0.15, 0.2) is 5.69 Å². The first kappa shape index (κ1) is 26.1. The van der Waals surface area contributed by atoms with Gasteiger partial charge in [-0.15, -0.1) is 0 Å². The smallest absolute Gasteiger partial charge is 0.325 e. The number of hydrogen-bond acceptors (Lipinski definition) is 7. The monoisotopic (exact) mass is 486 g/mol. The van der Waals surface area contributed by atoms with Crippen LogP contribution < -0.4 is 20.1 Å². The molecule has 0 aliphatic heterocycles. The molecule has 1 atom stereocenters. The topological polar surface area (TPSA) is 121 Å². The summed E-state index contributed by atoms with van der Waals surface area (Å²) in [6.45, 7) is 3.81. The predicted molar refractivity (Wildman–Crippen MR) is 129 cm³/mol. The first-order chi connectivity index (χ1) is 16.8. The summed E-state index contributed by atoms with van der Waals surface area (Å²) in [7, 11) is 4.43. The third-order valence-corrected chi connectivity index (χ3v) is 5.73. The molecule has 0 spiro atoms. The van der Waals surface area contributed by atoms with E-state index in [-0.39, 0.29) is 42.4 Å². The van der Waals surface area contributed by atoms with E-state index in [1.807, 2.05) is 36.7 Å². The van der Waals surface area contributed by atoms with E-state index in [4.69, 9.17) is 9.47 Å². The fraction of sp³-hybridized carbons (Fsp3) is 0.520. The Morgan fingerprint density at radius 3 is 2.31 bits per heavy atom.